The first-order valence-corrected chi connectivity index (χ1v) is 8.02. The average Bonchev–Trinajstić information content (AvgIpc) is 2.35. The van der Waals surface area contributed by atoms with Gasteiger partial charge in [0.25, 0.3) is 0 Å². The number of carbonyl (C=O) groups is 1. The van der Waals surface area contributed by atoms with Crippen LogP contribution in [-0.2, 0) is 13.6 Å². The van der Waals surface area contributed by atoms with Gasteiger partial charge in [-0.05, 0) is 20.8 Å². The van der Waals surface area contributed by atoms with E-state index in [1.54, 1.807) is 13.8 Å². The molecule has 0 saturated carbocycles. The predicted molar refractivity (Wildman–Crippen MR) is 75.2 cm³/mol. The number of alkyl halides is 1. The van der Waals surface area contributed by atoms with Gasteiger partial charge in [0, 0.05) is 5.88 Å². The number of rotatable bonds is 9. The van der Waals surface area contributed by atoms with Crippen LogP contribution in [0.25, 0.3) is 0 Å². The number of nitroso groups, excluding NO2 is 1. The zero-order chi connectivity index (χ0) is 15.8. The molecule has 3 N–H and O–H groups in total. The fraction of sp³-hybridized carbons (Fsp3) is 0.889. The monoisotopic (exact) mass is 330 g/mol. The number of hydrogen-bond donors (Lipinski definition) is 2. The predicted octanol–water partition coefficient (Wildman–Crippen LogP) is 1.82. The Hall–Kier alpha value is -0.730. The fourth-order valence-electron chi connectivity index (χ4n) is 1.25. The minimum absolute atomic E-state index is 0.00895. The first-order valence-electron chi connectivity index (χ1n) is 5.95. The van der Waals surface area contributed by atoms with E-state index in [1.165, 1.54) is 6.92 Å². The van der Waals surface area contributed by atoms with Crippen LogP contribution in [0, 0.1) is 4.91 Å². The molecular weight excluding hydrogens is 311 g/mol. The number of nitrogens with zero attached hydrogens (tertiary/aromatic N) is 2. The molecule has 11 heteroatoms. The number of carbonyl (C=O) groups excluding carboxylic acids is 1. The molecular formula is C9H20ClN4O5P. The summed E-state index contributed by atoms with van der Waals surface area (Å²) in [6, 6.07) is -0.940. The normalized spacial score (nSPS) is 14.4. The first kappa shape index (κ1) is 19.3. The number of halogens is 1. The highest BCUT2D eigenvalue weighted by molar-refractivity contribution is 7.55. The van der Waals surface area contributed by atoms with Gasteiger partial charge in [0.1, 0.15) is 0 Å². The van der Waals surface area contributed by atoms with Crippen molar-refractivity contribution in [2.45, 2.75) is 26.2 Å². The van der Waals surface area contributed by atoms with E-state index in [2.05, 4.69) is 10.6 Å². The number of amides is 2. The van der Waals surface area contributed by atoms with E-state index in [-0.39, 0.29) is 25.6 Å². The molecule has 0 unspecified atom stereocenters. The van der Waals surface area contributed by atoms with Crippen molar-refractivity contribution in [1.29, 1.82) is 0 Å². The molecule has 9 nitrogen and oxygen atoms in total. The van der Waals surface area contributed by atoms with Gasteiger partial charge in [0.05, 0.1) is 25.0 Å². The van der Waals surface area contributed by atoms with Crippen LogP contribution in [0.1, 0.15) is 20.8 Å². The highest BCUT2D eigenvalue weighted by Crippen LogP contribution is 2.56. The Morgan fingerprint density at radius 3 is 2.30 bits per heavy atom. The molecule has 0 rings (SSSR count). The van der Waals surface area contributed by atoms with Crippen molar-refractivity contribution in [3.05, 3.63) is 4.91 Å². The maximum absolute atomic E-state index is 12.5. The number of nitrogens with two attached hydrogens (primary N) is 1. The van der Waals surface area contributed by atoms with Crippen molar-refractivity contribution in [1.82, 2.24) is 10.3 Å². The van der Waals surface area contributed by atoms with E-state index < -0.39 is 19.0 Å². The van der Waals surface area contributed by atoms with Crippen molar-refractivity contribution in [2.24, 2.45) is 11.0 Å². The molecule has 0 spiro atoms. The third kappa shape index (κ3) is 4.99. The number of nitrogens with one attached hydrogen (secondary N) is 1. The largest absolute Gasteiger partial charge is 0.370 e. The van der Waals surface area contributed by atoms with Crippen molar-refractivity contribution in [2.75, 3.05) is 25.6 Å². The lowest BCUT2D eigenvalue weighted by Crippen LogP contribution is -2.56. The summed E-state index contributed by atoms with van der Waals surface area (Å²) in [5.74, 6) is 0.00895. The molecule has 0 fully saturated rings. The van der Waals surface area contributed by atoms with E-state index >= 15 is 0 Å². The van der Waals surface area contributed by atoms with Crippen molar-refractivity contribution in [3.8, 4) is 0 Å². The summed E-state index contributed by atoms with van der Waals surface area (Å²) in [6.45, 7) is 4.53. The summed E-state index contributed by atoms with van der Waals surface area (Å²) in [6.07, 6.45) is 0. The van der Waals surface area contributed by atoms with Crippen LogP contribution in [0.3, 0.4) is 0 Å². The smallest absolute Gasteiger partial charge is 0.308 e. The molecule has 0 aliphatic heterocycles. The van der Waals surface area contributed by atoms with Crippen LogP contribution in [-0.4, -0.2) is 42.1 Å². The molecule has 0 aromatic heterocycles. The fourth-order valence-corrected chi connectivity index (χ4v) is 2.94. The second kappa shape index (κ2) is 8.53. The van der Waals surface area contributed by atoms with E-state index in [0.717, 1.165) is 0 Å². The second-order valence-electron chi connectivity index (χ2n) is 3.80. The van der Waals surface area contributed by atoms with Gasteiger partial charge in [0.15, 0.2) is 5.40 Å². The van der Waals surface area contributed by atoms with Crippen molar-refractivity contribution in [3.63, 3.8) is 0 Å². The van der Waals surface area contributed by atoms with Crippen LogP contribution in [0.15, 0.2) is 5.29 Å². The molecule has 0 aliphatic rings. The lowest BCUT2D eigenvalue weighted by atomic mass is 10.5. The summed E-state index contributed by atoms with van der Waals surface area (Å²) in [4.78, 5) is 22.3. The van der Waals surface area contributed by atoms with Crippen LogP contribution in [0.2, 0.25) is 0 Å². The van der Waals surface area contributed by atoms with Gasteiger partial charge < -0.3 is 14.4 Å². The van der Waals surface area contributed by atoms with E-state index in [4.69, 9.17) is 26.4 Å². The standard InChI is InChI=1S/C9H20ClN4O5P/c1-4-18-20(17,19-5-2)9(3,11)12-8(15)14(13-16)7-6-10/h4-7,11H2,1-3H3,(H,12,15)/t9-/m1/s1. The Kier molecular flexibility index (Phi) is 8.22. The Morgan fingerprint density at radius 2 is 1.95 bits per heavy atom. The molecule has 2 amide bonds. The summed E-state index contributed by atoms with van der Waals surface area (Å²) >= 11 is 5.42. The molecule has 0 heterocycles. The minimum Gasteiger partial charge on any atom is -0.308 e. The zero-order valence-electron chi connectivity index (χ0n) is 11.7. The van der Waals surface area contributed by atoms with Crippen molar-refractivity contribution >= 4 is 25.2 Å². The number of urea groups is 1. The molecule has 0 bridgehead atoms. The lowest BCUT2D eigenvalue weighted by molar-refractivity contribution is 0.173. The summed E-state index contributed by atoms with van der Waals surface area (Å²) in [7, 11) is -3.80. The summed E-state index contributed by atoms with van der Waals surface area (Å²) in [5.41, 5.74) is 5.81. The highest BCUT2D eigenvalue weighted by atomic mass is 35.5. The van der Waals surface area contributed by atoms with E-state index in [9.17, 15) is 14.3 Å². The molecule has 0 aliphatic carbocycles. The maximum atomic E-state index is 12.5. The zero-order valence-corrected chi connectivity index (χ0v) is 13.3. The second-order valence-corrected chi connectivity index (χ2v) is 6.62. The summed E-state index contributed by atoms with van der Waals surface area (Å²) in [5, 5.41) is 3.41. The van der Waals surface area contributed by atoms with E-state index in [1.807, 2.05) is 0 Å². The topological polar surface area (TPSA) is 123 Å². The van der Waals surface area contributed by atoms with Crippen molar-refractivity contribution < 1.29 is 18.4 Å². The molecule has 0 saturated heterocycles. The lowest BCUT2D eigenvalue weighted by Gasteiger charge is -2.33. The van der Waals surface area contributed by atoms with E-state index in [0.29, 0.717) is 5.01 Å². The maximum Gasteiger partial charge on any atom is 0.370 e. The van der Waals surface area contributed by atoms with Crippen LogP contribution in [0.5, 0.6) is 0 Å². The van der Waals surface area contributed by atoms with Gasteiger partial charge in [-0.15, -0.1) is 16.5 Å². The molecule has 118 valence electrons. The molecule has 0 aromatic rings. The molecule has 0 radical (unpaired) electrons. The quantitative estimate of drug-likeness (QED) is 0.218. The highest BCUT2D eigenvalue weighted by Gasteiger charge is 2.46. The van der Waals surface area contributed by atoms with Crippen LogP contribution in [0.4, 0.5) is 4.79 Å². The van der Waals surface area contributed by atoms with Gasteiger partial charge in [-0.25, -0.2) is 4.79 Å². The van der Waals surface area contributed by atoms with Crippen LogP contribution >= 0.6 is 19.2 Å². The third-order valence-corrected chi connectivity index (χ3v) is 4.77. The Balaban J connectivity index is 5.05. The molecule has 20 heavy (non-hydrogen) atoms. The van der Waals surface area contributed by atoms with Gasteiger partial charge in [0.2, 0.25) is 0 Å². The SMILES string of the molecule is CCOP(=O)(OCC)[C@](C)(N)NC(=O)N(CCCl)N=O. The Labute approximate surface area is 122 Å². The minimum atomic E-state index is -3.80. The first-order chi connectivity index (χ1) is 9.27. The summed E-state index contributed by atoms with van der Waals surface area (Å²) < 4.78 is 22.6. The average molecular weight is 331 g/mol. The van der Waals surface area contributed by atoms with Gasteiger partial charge >= 0.3 is 13.6 Å². The van der Waals surface area contributed by atoms with Crippen LogP contribution < -0.4 is 11.1 Å². The van der Waals surface area contributed by atoms with Gasteiger partial charge in [-0.1, -0.05) is 0 Å². The van der Waals surface area contributed by atoms with Gasteiger partial charge in [-0.3, -0.25) is 10.3 Å². The Morgan fingerprint density at radius 1 is 1.45 bits per heavy atom. The Bertz CT molecular complexity index is 371. The third-order valence-electron chi connectivity index (χ3n) is 2.16. The number of hydrogen-bond acceptors (Lipinski definition) is 7. The molecule has 0 aromatic carbocycles. The van der Waals surface area contributed by atoms with Gasteiger partial charge in [-0.2, -0.15) is 5.01 Å². The molecule has 1 atom stereocenters.